The Bertz CT molecular complexity index is 737. The standard InChI is InChI=1S/C16H18N4OS.ClH/c1-17-8-2-3-15(21)18-13-6-4-12(5-7-13)14-11-20-9-10-22-16(20)19-14;/h4-7,9-11,17H,2-3,8H2,1H3,(H,18,21);1H. The predicted octanol–water partition coefficient (Wildman–Crippen LogP) is 3.42. The van der Waals surface area contributed by atoms with Crippen LogP contribution in [0.3, 0.4) is 0 Å². The molecule has 3 rings (SSSR count). The second-order valence-corrected chi connectivity index (χ2v) is 5.92. The van der Waals surface area contributed by atoms with E-state index in [1.54, 1.807) is 11.3 Å². The molecule has 0 spiro atoms. The lowest BCUT2D eigenvalue weighted by Gasteiger charge is -2.05. The van der Waals surface area contributed by atoms with Crippen molar-refractivity contribution in [2.24, 2.45) is 0 Å². The van der Waals surface area contributed by atoms with Gasteiger partial charge in [0.25, 0.3) is 0 Å². The van der Waals surface area contributed by atoms with E-state index in [0.29, 0.717) is 6.42 Å². The summed E-state index contributed by atoms with van der Waals surface area (Å²) in [6.45, 7) is 0.851. The molecule has 0 saturated heterocycles. The number of fused-ring (bicyclic) bond motifs is 1. The summed E-state index contributed by atoms with van der Waals surface area (Å²) in [5.41, 5.74) is 2.81. The van der Waals surface area contributed by atoms with Crippen molar-refractivity contribution in [2.75, 3.05) is 18.9 Å². The van der Waals surface area contributed by atoms with Gasteiger partial charge in [-0.25, -0.2) is 4.98 Å². The summed E-state index contributed by atoms with van der Waals surface area (Å²) in [5.74, 6) is 0.0468. The van der Waals surface area contributed by atoms with Gasteiger partial charge < -0.3 is 10.6 Å². The smallest absolute Gasteiger partial charge is 0.224 e. The summed E-state index contributed by atoms with van der Waals surface area (Å²) in [5, 5.41) is 7.96. The van der Waals surface area contributed by atoms with Crippen molar-refractivity contribution in [1.29, 1.82) is 0 Å². The lowest BCUT2D eigenvalue weighted by atomic mass is 10.1. The number of hydrogen-bond acceptors (Lipinski definition) is 4. The van der Waals surface area contributed by atoms with E-state index in [-0.39, 0.29) is 18.3 Å². The molecule has 0 aliphatic heterocycles. The molecule has 5 nitrogen and oxygen atoms in total. The van der Waals surface area contributed by atoms with Crippen molar-refractivity contribution >= 4 is 40.3 Å². The lowest BCUT2D eigenvalue weighted by molar-refractivity contribution is -0.116. The molecule has 0 atom stereocenters. The highest BCUT2D eigenvalue weighted by molar-refractivity contribution is 7.15. The Labute approximate surface area is 145 Å². The highest BCUT2D eigenvalue weighted by Gasteiger charge is 2.06. The van der Waals surface area contributed by atoms with Gasteiger partial charge in [0.05, 0.1) is 5.69 Å². The fourth-order valence-electron chi connectivity index (χ4n) is 2.24. The number of nitrogens with zero attached hydrogens (tertiary/aromatic N) is 2. The van der Waals surface area contributed by atoms with E-state index in [4.69, 9.17) is 0 Å². The van der Waals surface area contributed by atoms with Crippen LogP contribution in [0.15, 0.2) is 42.0 Å². The number of hydrogen-bond donors (Lipinski definition) is 2. The number of anilines is 1. The molecule has 1 aromatic carbocycles. The van der Waals surface area contributed by atoms with Gasteiger partial charge in [-0.05, 0) is 32.1 Å². The van der Waals surface area contributed by atoms with E-state index >= 15 is 0 Å². The third-order valence-electron chi connectivity index (χ3n) is 3.39. The molecule has 0 aliphatic carbocycles. The van der Waals surface area contributed by atoms with Crippen molar-refractivity contribution < 1.29 is 4.79 Å². The van der Waals surface area contributed by atoms with Crippen LogP contribution >= 0.6 is 23.7 Å². The number of carbonyl (C=O) groups is 1. The molecular formula is C16H19ClN4OS. The number of benzene rings is 1. The van der Waals surface area contributed by atoms with E-state index in [1.807, 2.05) is 53.5 Å². The maximum absolute atomic E-state index is 11.8. The Morgan fingerprint density at radius 1 is 1.30 bits per heavy atom. The van der Waals surface area contributed by atoms with Crippen LogP contribution in [0.1, 0.15) is 12.8 Å². The summed E-state index contributed by atoms with van der Waals surface area (Å²) >= 11 is 1.61. The molecule has 2 heterocycles. The molecular weight excluding hydrogens is 332 g/mol. The van der Waals surface area contributed by atoms with Crippen LogP contribution in [0.5, 0.6) is 0 Å². The Hall–Kier alpha value is -1.89. The minimum atomic E-state index is 0. The molecule has 2 aromatic heterocycles. The van der Waals surface area contributed by atoms with Gasteiger partial charge in [-0.15, -0.1) is 23.7 Å². The lowest BCUT2D eigenvalue weighted by Crippen LogP contribution is -2.15. The number of rotatable bonds is 6. The minimum absolute atomic E-state index is 0. The van der Waals surface area contributed by atoms with E-state index in [2.05, 4.69) is 15.6 Å². The number of halogens is 1. The van der Waals surface area contributed by atoms with Crippen molar-refractivity contribution in [1.82, 2.24) is 14.7 Å². The average molecular weight is 351 g/mol. The van der Waals surface area contributed by atoms with Crippen molar-refractivity contribution in [3.05, 3.63) is 42.0 Å². The van der Waals surface area contributed by atoms with Crippen molar-refractivity contribution in [3.8, 4) is 11.3 Å². The van der Waals surface area contributed by atoms with Gasteiger partial charge in [-0.2, -0.15) is 0 Å². The molecule has 0 bridgehead atoms. The fraction of sp³-hybridized carbons (Fsp3) is 0.250. The molecule has 0 fully saturated rings. The summed E-state index contributed by atoms with van der Waals surface area (Å²) in [7, 11) is 1.89. The van der Waals surface area contributed by atoms with Crippen LogP contribution in [0.25, 0.3) is 16.2 Å². The Balaban J connectivity index is 0.00000192. The zero-order valence-electron chi connectivity index (χ0n) is 12.8. The molecule has 0 radical (unpaired) electrons. The number of thiazole rings is 1. The van der Waals surface area contributed by atoms with Crippen LogP contribution < -0.4 is 10.6 Å². The first-order valence-corrected chi connectivity index (χ1v) is 8.11. The van der Waals surface area contributed by atoms with E-state index in [0.717, 1.165) is 34.9 Å². The maximum Gasteiger partial charge on any atom is 0.224 e. The molecule has 1 amide bonds. The van der Waals surface area contributed by atoms with Gasteiger partial charge >= 0.3 is 0 Å². The molecule has 3 aromatic rings. The van der Waals surface area contributed by atoms with Gasteiger partial charge in [-0.1, -0.05) is 12.1 Å². The van der Waals surface area contributed by atoms with E-state index in [1.165, 1.54) is 0 Å². The number of imidazole rings is 1. The normalized spacial score (nSPS) is 10.5. The highest BCUT2D eigenvalue weighted by atomic mass is 35.5. The second-order valence-electron chi connectivity index (χ2n) is 5.05. The summed E-state index contributed by atoms with van der Waals surface area (Å²) < 4.78 is 2.01. The second kappa shape index (κ2) is 8.10. The summed E-state index contributed by atoms with van der Waals surface area (Å²) in [6.07, 6.45) is 5.37. The van der Waals surface area contributed by atoms with E-state index < -0.39 is 0 Å². The average Bonchev–Trinajstić information content (AvgIpc) is 3.09. The van der Waals surface area contributed by atoms with Crippen molar-refractivity contribution in [3.63, 3.8) is 0 Å². The van der Waals surface area contributed by atoms with Gasteiger partial charge in [-0.3, -0.25) is 9.20 Å². The molecule has 23 heavy (non-hydrogen) atoms. The number of nitrogens with one attached hydrogen (secondary N) is 2. The van der Waals surface area contributed by atoms with Gasteiger partial charge in [0.15, 0.2) is 4.96 Å². The molecule has 122 valence electrons. The zero-order valence-corrected chi connectivity index (χ0v) is 14.4. The van der Waals surface area contributed by atoms with Crippen LogP contribution in [0.4, 0.5) is 5.69 Å². The van der Waals surface area contributed by atoms with Crippen LogP contribution in [-0.2, 0) is 4.79 Å². The minimum Gasteiger partial charge on any atom is -0.326 e. The van der Waals surface area contributed by atoms with E-state index in [9.17, 15) is 4.79 Å². The number of carbonyl (C=O) groups excluding carboxylic acids is 1. The molecule has 0 aliphatic rings. The first-order chi connectivity index (χ1) is 10.8. The van der Waals surface area contributed by atoms with Crippen LogP contribution in [-0.4, -0.2) is 28.9 Å². The Kier molecular flexibility index (Phi) is 6.15. The fourth-order valence-corrected chi connectivity index (χ4v) is 2.94. The quantitative estimate of drug-likeness (QED) is 0.670. The first-order valence-electron chi connectivity index (χ1n) is 7.23. The molecule has 0 saturated carbocycles. The number of aromatic nitrogens is 2. The van der Waals surface area contributed by atoms with Crippen LogP contribution in [0, 0.1) is 0 Å². The molecule has 0 unspecified atom stereocenters. The van der Waals surface area contributed by atoms with Crippen LogP contribution in [0.2, 0.25) is 0 Å². The largest absolute Gasteiger partial charge is 0.326 e. The third kappa shape index (κ3) is 4.31. The van der Waals surface area contributed by atoms with Gasteiger partial charge in [0, 0.05) is 35.4 Å². The van der Waals surface area contributed by atoms with Gasteiger partial charge in [0.1, 0.15) is 0 Å². The predicted molar refractivity (Wildman–Crippen MR) is 97.5 cm³/mol. The highest BCUT2D eigenvalue weighted by Crippen LogP contribution is 2.23. The SMILES string of the molecule is CNCCCC(=O)Nc1ccc(-c2cn3ccsc3n2)cc1.Cl. The van der Waals surface area contributed by atoms with Gasteiger partial charge in [0.2, 0.25) is 5.91 Å². The molecule has 7 heteroatoms. The number of amides is 1. The monoisotopic (exact) mass is 350 g/mol. The van der Waals surface area contributed by atoms with Crippen molar-refractivity contribution in [2.45, 2.75) is 12.8 Å². The topological polar surface area (TPSA) is 58.4 Å². The zero-order chi connectivity index (χ0) is 15.4. The molecule has 2 N–H and O–H groups in total. The summed E-state index contributed by atoms with van der Waals surface area (Å²) in [6, 6.07) is 7.79. The summed E-state index contributed by atoms with van der Waals surface area (Å²) in [4.78, 5) is 17.3. The third-order valence-corrected chi connectivity index (χ3v) is 4.16. The maximum atomic E-state index is 11.8. The Morgan fingerprint density at radius 3 is 2.78 bits per heavy atom. The first kappa shape index (κ1) is 17.5. The Morgan fingerprint density at radius 2 is 2.09 bits per heavy atom.